The average Bonchev–Trinajstić information content (AvgIpc) is 3.22. The summed E-state index contributed by atoms with van der Waals surface area (Å²) in [5.41, 5.74) is 10.1. The van der Waals surface area contributed by atoms with Crippen molar-refractivity contribution in [2.45, 2.75) is 13.8 Å². The molecule has 0 N–H and O–H groups in total. The van der Waals surface area contributed by atoms with Crippen molar-refractivity contribution in [2.75, 3.05) is 4.90 Å². The van der Waals surface area contributed by atoms with E-state index in [4.69, 9.17) is 0 Å². The standard InChI is InChI=1S/C38H25NO2/c1-22-10-14-27(15-11-22)39-34-16-12-23(2)18-30(34)29-9-5-8-28-26(13-17-35(39)36(28)29)21-33-37(40)31-19-24-6-3-4-7-25(24)20-32(31)38(33)41/h3-21H,1-2H3. The van der Waals surface area contributed by atoms with Crippen LogP contribution in [0.5, 0.6) is 0 Å². The van der Waals surface area contributed by atoms with E-state index in [9.17, 15) is 9.59 Å². The normalized spacial score (nSPS) is 13.6. The zero-order chi connectivity index (χ0) is 27.8. The van der Waals surface area contributed by atoms with Crippen LogP contribution in [0, 0.1) is 13.8 Å². The predicted molar refractivity (Wildman–Crippen MR) is 168 cm³/mol. The second kappa shape index (κ2) is 8.61. The first-order valence-corrected chi connectivity index (χ1v) is 13.9. The van der Waals surface area contributed by atoms with Gasteiger partial charge in [-0.05, 0) is 89.7 Å². The summed E-state index contributed by atoms with van der Waals surface area (Å²) >= 11 is 0. The molecule has 0 amide bonds. The van der Waals surface area contributed by atoms with E-state index >= 15 is 0 Å². The first-order valence-electron chi connectivity index (χ1n) is 13.9. The molecule has 1 heterocycles. The summed E-state index contributed by atoms with van der Waals surface area (Å²) in [6.45, 7) is 4.21. The molecule has 0 radical (unpaired) electrons. The number of allylic oxidation sites excluding steroid dienone is 1. The summed E-state index contributed by atoms with van der Waals surface area (Å²) in [7, 11) is 0. The van der Waals surface area contributed by atoms with Crippen LogP contribution in [0.1, 0.15) is 37.4 Å². The number of carbonyl (C=O) groups excluding carboxylic acids is 2. The smallest absolute Gasteiger partial charge is 0.197 e. The minimum Gasteiger partial charge on any atom is -0.309 e. The Bertz CT molecular complexity index is 2090. The van der Waals surface area contributed by atoms with Crippen LogP contribution in [-0.4, -0.2) is 11.6 Å². The summed E-state index contributed by atoms with van der Waals surface area (Å²) in [6.07, 6.45) is 1.79. The Morgan fingerprint density at radius 3 is 1.93 bits per heavy atom. The van der Waals surface area contributed by atoms with Crippen LogP contribution in [0.3, 0.4) is 0 Å². The van der Waals surface area contributed by atoms with Gasteiger partial charge in [-0.3, -0.25) is 9.59 Å². The maximum atomic E-state index is 13.6. The molecule has 194 valence electrons. The highest BCUT2D eigenvalue weighted by Crippen LogP contribution is 2.51. The lowest BCUT2D eigenvalue weighted by atomic mass is 9.88. The van der Waals surface area contributed by atoms with Crippen LogP contribution in [0.15, 0.2) is 115 Å². The van der Waals surface area contributed by atoms with E-state index in [1.807, 2.05) is 42.5 Å². The Labute approximate surface area is 238 Å². The number of hydrogen-bond acceptors (Lipinski definition) is 3. The molecular formula is C38H25NO2. The van der Waals surface area contributed by atoms with Gasteiger partial charge in [0.2, 0.25) is 0 Å². The lowest BCUT2D eigenvalue weighted by Crippen LogP contribution is -2.15. The fourth-order valence-electron chi connectivity index (χ4n) is 6.41. The van der Waals surface area contributed by atoms with Crippen molar-refractivity contribution < 1.29 is 9.59 Å². The number of rotatable bonds is 2. The molecule has 0 aromatic heterocycles. The topological polar surface area (TPSA) is 37.4 Å². The Morgan fingerprint density at radius 2 is 1.22 bits per heavy atom. The van der Waals surface area contributed by atoms with Crippen molar-refractivity contribution in [1.82, 2.24) is 0 Å². The van der Waals surface area contributed by atoms with Gasteiger partial charge >= 0.3 is 0 Å². The predicted octanol–water partition coefficient (Wildman–Crippen LogP) is 9.52. The lowest BCUT2D eigenvalue weighted by molar-refractivity contribution is 0.0990. The zero-order valence-electron chi connectivity index (χ0n) is 22.7. The molecule has 0 unspecified atom stereocenters. The van der Waals surface area contributed by atoms with E-state index in [-0.39, 0.29) is 17.1 Å². The van der Waals surface area contributed by atoms with E-state index < -0.39 is 0 Å². The number of nitrogens with zero attached hydrogens (tertiary/aromatic N) is 1. The summed E-state index contributed by atoms with van der Waals surface area (Å²) in [4.78, 5) is 29.4. The molecule has 3 nitrogen and oxygen atoms in total. The van der Waals surface area contributed by atoms with E-state index in [1.54, 1.807) is 6.08 Å². The number of benzene rings is 6. The zero-order valence-corrected chi connectivity index (χ0v) is 22.7. The monoisotopic (exact) mass is 527 g/mol. The lowest BCUT2D eigenvalue weighted by Gasteiger charge is -2.34. The number of aryl methyl sites for hydroxylation is 2. The minimum atomic E-state index is -0.210. The van der Waals surface area contributed by atoms with E-state index in [2.05, 4.69) is 85.5 Å². The summed E-state index contributed by atoms with van der Waals surface area (Å²) in [6, 6.07) is 37.2. The van der Waals surface area contributed by atoms with Gasteiger partial charge in [0, 0.05) is 27.8 Å². The quantitative estimate of drug-likeness (QED) is 0.166. The van der Waals surface area contributed by atoms with Gasteiger partial charge in [0.25, 0.3) is 0 Å². The number of carbonyl (C=O) groups is 2. The van der Waals surface area contributed by atoms with Gasteiger partial charge in [-0.2, -0.15) is 0 Å². The van der Waals surface area contributed by atoms with Crippen molar-refractivity contribution >= 4 is 56.2 Å². The molecular weight excluding hydrogens is 502 g/mol. The van der Waals surface area contributed by atoms with Crippen LogP contribution in [0.4, 0.5) is 17.1 Å². The molecule has 0 fully saturated rings. The first-order chi connectivity index (χ1) is 20.0. The fourth-order valence-corrected chi connectivity index (χ4v) is 6.41. The van der Waals surface area contributed by atoms with E-state index in [1.165, 1.54) is 16.7 Å². The van der Waals surface area contributed by atoms with Gasteiger partial charge in [-0.25, -0.2) is 0 Å². The molecule has 6 aromatic carbocycles. The summed E-state index contributed by atoms with van der Waals surface area (Å²) < 4.78 is 0. The Balaban J connectivity index is 1.35. The summed E-state index contributed by atoms with van der Waals surface area (Å²) in [5, 5.41) is 4.04. The van der Waals surface area contributed by atoms with Gasteiger partial charge < -0.3 is 4.90 Å². The van der Waals surface area contributed by atoms with Crippen LogP contribution in [0.25, 0.3) is 38.7 Å². The third-order valence-corrected chi connectivity index (χ3v) is 8.43. The second-order valence-corrected chi connectivity index (χ2v) is 11.1. The van der Waals surface area contributed by atoms with E-state index in [0.717, 1.165) is 49.7 Å². The molecule has 0 atom stereocenters. The Morgan fingerprint density at radius 1 is 0.561 bits per heavy atom. The van der Waals surface area contributed by atoms with Crippen molar-refractivity contribution in [1.29, 1.82) is 0 Å². The van der Waals surface area contributed by atoms with Gasteiger partial charge in [0.1, 0.15) is 0 Å². The second-order valence-electron chi connectivity index (χ2n) is 11.1. The Hall–Kier alpha value is -5.28. The van der Waals surface area contributed by atoms with Crippen molar-refractivity contribution in [2.24, 2.45) is 0 Å². The Kier molecular flexibility index (Phi) is 4.95. The highest BCUT2D eigenvalue weighted by molar-refractivity contribution is 6.42. The first kappa shape index (κ1) is 23.6. The van der Waals surface area contributed by atoms with Crippen molar-refractivity contribution in [3.63, 3.8) is 0 Å². The van der Waals surface area contributed by atoms with Crippen LogP contribution in [-0.2, 0) is 0 Å². The highest BCUT2D eigenvalue weighted by atomic mass is 16.2. The molecule has 41 heavy (non-hydrogen) atoms. The molecule has 0 saturated heterocycles. The average molecular weight is 528 g/mol. The third-order valence-electron chi connectivity index (χ3n) is 8.43. The SMILES string of the molecule is Cc1ccc(N2c3ccc(C)cc3-c3cccc4c(C=C5C(=O)c6cc7ccccc7cc6C5=O)ccc2c34)cc1. The number of anilines is 3. The molecule has 1 aliphatic heterocycles. The van der Waals surface area contributed by atoms with Gasteiger partial charge in [0.15, 0.2) is 11.6 Å². The molecule has 3 heteroatoms. The van der Waals surface area contributed by atoms with Crippen LogP contribution in [0.2, 0.25) is 0 Å². The number of hydrogen-bond donors (Lipinski definition) is 0. The van der Waals surface area contributed by atoms with Crippen molar-refractivity contribution in [3.8, 4) is 11.1 Å². The van der Waals surface area contributed by atoms with Gasteiger partial charge in [-0.1, -0.05) is 77.9 Å². The maximum Gasteiger partial charge on any atom is 0.197 e. The largest absolute Gasteiger partial charge is 0.309 e. The molecule has 1 aliphatic carbocycles. The van der Waals surface area contributed by atoms with Gasteiger partial charge in [-0.15, -0.1) is 0 Å². The van der Waals surface area contributed by atoms with Crippen LogP contribution < -0.4 is 4.90 Å². The summed E-state index contributed by atoms with van der Waals surface area (Å²) in [5.74, 6) is -0.419. The van der Waals surface area contributed by atoms with Crippen molar-refractivity contribution in [3.05, 3.63) is 143 Å². The molecule has 2 aliphatic rings. The molecule has 8 rings (SSSR count). The highest BCUT2D eigenvalue weighted by Gasteiger charge is 2.34. The number of fused-ring (bicyclic) bond motifs is 4. The molecule has 0 saturated carbocycles. The fraction of sp³-hybridized carbons (Fsp3) is 0.0526. The molecule has 0 bridgehead atoms. The third kappa shape index (κ3) is 3.46. The molecule has 6 aromatic rings. The van der Waals surface area contributed by atoms with Crippen LogP contribution >= 0.6 is 0 Å². The minimum absolute atomic E-state index is 0.210. The number of ketones is 2. The van der Waals surface area contributed by atoms with Gasteiger partial charge in [0.05, 0.1) is 16.9 Å². The maximum absolute atomic E-state index is 13.6. The van der Waals surface area contributed by atoms with E-state index in [0.29, 0.717) is 11.1 Å². The molecule has 0 spiro atoms. The number of Topliss-reactive ketones (excluding diaryl/α,β-unsaturated/α-hetero) is 2.